The summed E-state index contributed by atoms with van der Waals surface area (Å²) in [4.78, 5) is 0.149. The number of benzene rings is 2. The van der Waals surface area contributed by atoms with Crippen LogP contribution >= 0.6 is 0 Å². The first-order valence-corrected chi connectivity index (χ1v) is 15.6. The van der Waals surface area contributed by atoms with Gasteiger partial charge in [-0.2, -0.15) is 12.9 Å². The number of rotatable bonds is 7. The fourth-order valence-electron chi connectivity index (χ4n) is 4.23. The summed E-state index contributed by atoms with van der Waals surface area (Å²) in [5, 5.41) is 0. The van der Waals surface area contributed by atoms with Gasteiger partial charge in [0.1, 0.15) is 5.75 Å². The summed E-state index contributed by atoms with van der Waals surface area (Å²) < 4.78 is 86.8. The molecule has 2 heterocycles. The number of nitrogens with zero attached hydrogens (tertiary/aromatic N) is 3. The molecule has 2 aromatic rings. The van der Waals surface area contributed by atoms with Crippen LogP contribution in [0.25, 0.3) is 0 Å². The van der Waals surface area contributed by atoms with Gasteiger partial charge in [0.15, 0.2) is 0 Å². The smallest absolute Gasteiger partial charge is 0.243 e. The summed E-state index contributed by atoms with van der Waals surface area (Å²) in [5.41, 5.74) is 0. The molecular weight excluding hydrogens is 514 g/mol. The van der Waals surface area contributed by atoms with E-state index in [1.165, 1.54) is 56.4 Å². The Kier molecular flexibility index (Phi) is 7.55. The molecule has 0 N–H and O–H groups in total. The van der Waals surface area contributed by atoms with E-state index in [4.69, 9.17) is 4.74 Å². The highest BCUT2D eigenvalue weighted by Crippen LogP contribution is 2.25. The summed E-state index contributed by atoms with van der Waals surface area (Å²) >= 11 is 0. The molecule has 2 saturated heterocycles. The van der Waals surface area contributed by atoms with E-state index in [9.17, 15) is 25.3 Å². The Hall–Kier alpha value is -2.03. The molecule has 13 heteroatoms. The molecule has 0 unspecified atom stereocenters. The van der Waals surface area contributed by atoms with Crippen molar-refractivity contribution in [2.45, 2.75) is 33.9 Å². The Bertz CT molecular complexity index is 1340. The quantitative estimate of drug-likeness (QED) is 0.520. The van der Waals surface area contributed by atoms with E-state index in [0.717, 1.165) is 19.3 Å². The van der Waals surface area contributed by atoms with Crippen molar-refractivity contribution in [1.82, 2.24) is 12.9 Å². The number of hydrogen-bond donors (Lipinski definition) is 0. The minimum atomic E-state index is -3.90. The molecule has 0 atom stereocenters. The van der Waals surface area contributed by atoms with Crippen LogP contribution in [0.15, 0.2) is 63.2 Å². The minimum Gasteiger partial charge on any atom is -0.497 e. The fraction of sp³-hybridized carbons (Fsp3) is 0.455. The zero-order chi connectivity index (χ0) is 25.3. The summed E-state index contributed by atoms with van der Waals surface area (Å²) in [7, 11) is -9.84. The van der Waals surface area contributed by atoms with Gasteiger partial charge < -0.3 is 4.74 Å². The van der Waals surface area contributed by atoms with Crippen LogP contribution in [-0.4, -0.2) is 84.5 Å². The molecule has 2 fully saturated rings. The largest absolute Gasteiger partial charge is 0.497 e. The van der Waals surface area contributed by atoms with Crippen LogP contribution in [0.5, 0.6) is 5.75 Å². The summed E-state index contributed by atoms with van der Waals surface area (Å²) in [6.45, 7) is 0.930. The van der Waals surface area contributed by atoms with Gasteiger partial charge in [0.2, 0.25) is 30.1 Å². The van der Waals surface area contributed by atoms with Crippen molar-refractivity contribution < 1.29 is 30.0 Å². The van der Waals surface area contributed by atoms with Gasteiger partial charge in [-0.1, -0.05) is 6.42 Å². The van der Waals surface area contributed by atoms with Crippen molar-refractivity contribution in [1.29, 1.82) is 0 Å². The van der Waals surface area contributed by atoms with Crippen LogP contribution in [0.3, 0.4) is 0 Å². The Morgan fingerprint density at radius 1 is 0.514 bits per heavy atom. The zero-order valence-corrected chi connectivity index (χ0v) is 21.9. The molecule has 2 aliphatic rings. The fourth-order valence-corrected chi connectivity index (χ4v) is 8.60. The maximum absolute atomic E-state index is 13.1. The Morgan fingerprint density at radius 2 is 0.829 bits per heavy atom. The number of ether oxygens (including phenoxy) is 1. The molecule has 2 aliphatic heterocycles. The van der Waals surface area contributed by atoms with Crippen molar-refractivity contribution in [3.8, 4) is 5.75 Å². The third-order valence-corrected chi connectivity index (χ3v) is 12.0. The molecule has 0 aromatic heterocycles. The summed E-state index contributed by atoms with van der Waals surface area (Å²) in [6.07, 6.45) is 2.62. The lowest BCUT2D eigenvalue weighted by molar-refractivity contribution is 0.273. The topological polar surface area (TPSA) is 121 Å². The van der Waals surface area contributed by atoms with Gasteiger partial charge in [-0.25, -0.2) is 25.3 Å². The number of methoxy groups -OCH3 is 1. The zero-order valence-electron chi connectivity index (χ0n) is 19.4. The predicted molar refractivity (Wildman–Crippen MR) is 130 cm³/mol. The summed E-state index contributed by atoms with van der Waals surface area (Å²) in [5.74, 6) is 0.537. The van der Waals surface area contributed by atoms with Crippen molar-refractivity contribution in [3.05, 3.63) is 48.5 Å². The molecule has 0 saturated carbocycles. The highest BCUT2D eigenvalue weighted by Gasteiger charge is 2.34. The third-order valence-electron chi connectivity index (χ3n) is 6.31. The summed E-state index contributed by atoms with van der Waals surface area (Å²) in [6, 6.07) is 11.3. The molecule has 0 bridgehead atoms. The highest BCUT2D eigenvalue weighted by atomic mass is 32.2. The van der Waals surface area contributed by atoms with E-state index in [0.29, 0.717) is 18.8 Å². The SMILES string of the molecule is COc1ccc(S(=O)(=O)N2CCN(S(=O)(=O)c3ccc(S(=O)(=O)N4CCCCC4)cc3)CC2)cc1. The van der Waals surface area contributed by atoms with Crippen molar-refractivity contribution in [2.75, 3.05) is 46.4 Å². The molecule has 4 rings (SSSR count). The van der Waals surface area contributed by atoms with E-state index in [2.05, 4.69) is 0 Å². The Labute approximate surface area is 207 Å². The van der Waals surface area contributed by atoms with Crippen LogP contribution in [-0.2, 0) is 30.1 Å². The van der Waals surface area contributed by atoms with E-state index < -0.39 is 30.1 Å². The lowest BCUT2D eigenvalue weighted by Crippen LogP contribution is -2.50. The van der Waals surface area contributed by atoms with E-state index in [1.54, 1.807) is 12.1 Å². The van der Waals surface area contributed by atoms with Crippen molar-refractivity contribution >= 4 is 30.1 Å². The minimum absolute atomic E-state index is 0.00839. The molecule has 2 aromatic carbocycles. The van der Waals surface area contributed by atoms with Crippen LogP contribution in [0.4, 0.5) is 0 Å². The van der Waals surface area contributed by atoms with Gasteiger partial charge in [0.05, 0.1) is 21.8 Å². The first-order chi connectivity index (χ1) is 16.6. The van der Waals surface area contributed by atoms with E-state index in [1.807, 2.05) is 0 Å². The second-order valence-corrected chi connectivity index (χ2v) is 14.2. The monoisotopic (exact) mass is 543 g/mol. The van der Waals surface area contributed by atoms with Gasteiger partial charge in [-0.3, -0.25) is 0 Å². The van der Waals surface area contributed by atoms with Crippen LogP contribution < -0.4 is 4.74 Å². The first-order valence-electron chi connectivity index (χ1n) is 11.3. The second kappa shape index (κ2) is 10.1. The van der Waals surface area contributed by atoms with Crippen LogP contribution in [0, 0.1) is 0 Å². The highest BCUT2D eigenvalue weighted by molar-refractivity contribution is 7.90. The molecule has 10 nitrogen and oxygen atoms in total. The molecule has 0 aliphatic carbocycles. The third kappa shape index (κ3) is 5.25. The van der Waals surface area contributed by atoms with Crippen LogP contribution in [0.1, 0.15) is 19.3 Å². The normalized spacial score (nSPS) is 19.5. The lowest BCUT2D eigenvalue weighted by atomic mass is 10.2. The number of hydrogen-bond acceptors (Lipinski definition) is 7. The molecule has 35 heavy (non-hydrogen) atoms. The van der Waals surface area contributed by atoms with Gasteiger partial charge in [-0.15, -0.1) is 0 Å². The number of piperidine rings is 1. The van der Waals surface area contributed by atoms with Gasteiger partial charge in [0, 0.05) is 39.3 Å². The molecule has 192 valence electrons. The maximum atomic E-state index is 13.1. The molecule has 0 radical (unpaired) electrons. The maximum Gasteiger partial charge on any atom is 0.243 e. The van der Waals surface area contributed by atoms with E-state index >= 15 is 0 Å². The van der Waals surface area contributed by atoms with Crippen molar-refractivity contribution in [2.24, 2.45) is 0 Å². The van der Waals surface area contributed by atoms with Gasteiger partial charge >= 0.3 is 0 Å². The second-order valence-electron chi connectivity index (χ2n) is 8.42. The molecule has 0 spiro atoms. The Balaban J connectivity index is 1.44. The first kappa shape index (κ1) is 26.0. The molecular formula is C22H29N3O7S3. The average molecular weight is 544 g/mol. The number of sulfonamides is 3. The standard InChI is InChI=1S/C22H29N3O7S3/c1-32-19-5-7-20(8-6-19)34(28,29)24-15-17-25(18-16-24)35(30,31)22-11-9-21(10-12-22)33(26,27)23-13-3-2-4-14-23/h5-12H,2-4,13-18H2,1H3. The van der Waals surface area contributed by atoms with E-state index in [-0.39, 0.29) is 40.9 Å². The van der Waals surface area contributed by atoms with Crippen LogP contribution in [0.2, 0.25) is 0 Å². The Morgan fingerprint density at radius 3 is 1.17 bits per heavy atom. The molecule has 0 amide bonds. The number of piperazine rings is 1. The van der Waals surface area contributed by atoms with Crippen molar-refractivity contribution in [3.63, 3.8) is 0 Å². The van der Waals surface area contributed by atoms with Gasteiger partial charge in [0.25, 0.3) is 0 Å². The predicted octanol–water partition coefficient (Wildman–Crippen LogP) is 1.57. The van der Waals surface area contributed by atoms with Gasteiger partial charge in [-0.05, 0) is 61.4 Å². The average Bonchev–Trinajstić information content (AvgIpc) is 2.89. The lowest BCUT2D eigenvalue weighted by Gasteiger charge is -2.33.